The van der Waals surface area contributed by atoms with E-state index >= 15 is 0 Å². The van der Waals surface area contributed by atoms with Crippen LogP contribution in [0.3, 0.4) is 0 Å². The zero-order chi connectivity index (χ0) is 18.6. The average molecular weight is 362 g/mol. The van der Waals surface area contributed by atoms with Crippen LogP contribution >= 0.6 is 0 Å². The molecule has 0 aliphatic carbocycles. The van der Waals surface area contributed by atoms with Crippen LogP contribution in [0.4, 0.5) is 11.6 Å². The van der Waals surface area contributed by atoms with Crippen LogP contribution in [-0.2, 0) is 6.54 Å². The average Bonchev–Trinajstić information content (AvgIpc) is 3.15. The SMILES string of the molecule is Cc1ccccc1CNc1ncc(C(=O)Nc2ccc3c(c2)OCO3)cn1. The van der Waals surface area contributed by atoms with E-state index in [4.69, 9.17) is 9.47 Å². The Morgan fingerprint density at radius 2 is 1.85 bits per heavy atom. The van der Waals surface area contributed by atoms with Gasteiger partial charge in [0, 0.05) is 30.7 Å². The van der Waals surface area contributed by atoms with Gasteiger partial charge >= 0.3 is 0 Å². The number of aryl methyl sites for hydroxylation is 1. The Balaban J connectivity index is 1.38. The van der Waals surface area contributed by atoms with E-state index in [1.165, 1.54) is 23.5 Å². The summed E-state index contributed by atoms with van der Waals surface area (Å²) in [5, 5.41) is 5.96. The first-order valence-electron chi connectivity index (χ1n) is 8.50. The van der Waals surface area contributed by atoms with E-state index in [0.717, 1.165) is 0 Å². The first-order valence-corrected chi connectivity index (χ1v) is 8.50. The van der Waals surface area contributed by atoms with Gasteiger partial charge in [-0.3, -0.25) is 4.79 Å². The van der Waals surface area contributed by atoms with Gasteiger partial charge in [0.15, 0.2) is 11.5 Å². The number of carbonyl (C=O) groups excluding carboxylic acids is 1. The molecule has 0 unspecified atom stereocenters. The molecule has 2 heterocycles. The minimum absolute atomic E-state index is 0.192. The molecule has 27 heavy (non-hydrogen) atoms. The van der Waals surface area contributed by atoms with Crippen LogP contribution in [0.2, 0.25) is 0 Å². The fourth-order valence-electron chi connectivity index (χ4n) is 2.70. The summed E-state index contributed by atoms with van der Waals surface area (Å²) in [7, 11) is 0. The Morgan fingerprint density at radius 3 is 2.67 bits per heavy atom. The number of carbonyl (C=O) groups is 1. The van der Waals surface area contributed by atoms with Crippen LogP contribution in [0.15, 0.2) is 54.9 Å². The number of rotatable bonds is 5. The van der Waals surface area contributed by atoms with E-state index in [1.54, 1.807) is 18.2 Å². The fraction of sp³-hybridized carbons (Fsp3) is 0.150. The van der Waals surface area contributed by atoms with Gasteiger partial charge in [-0.1, -0.05) is 24.3 Å². The first-order chi connectivity index (χ1) is 13.2. The van der Waals surface area contributed by atoms with E-state index in [-0.39, 0.29) is 12.7 Å². The molecular weight excluding hydrogens is 344 g/mol. The van der Waals surface area contributed by atoms with Crippen LogP contribution in [0.25, 0.3) is 0 Å². The highest BCUT2D eigenvalue weighted by Gasteiger charge is 2.15. The summed E-state index contributed by atoms with van der Waals surface area (Å²) >= 11 is 0. The molecule has 0 atom stereocenters. The summed E-state index contributed by atoms with van der Waals surface area (Å²) in [4.78, 5) is 20.8. The van der Waals surface area contributed by atoms with Crippen molar-refractivity contribution in [2.75, 3.05) is 17.4 Å². The van der Waals surface area contributed by atoms with E-state index in [1.807, 2.05) is 12.1 Å². The van der Waals surface area contributed by atoms with Gasteiger partial charge in [0.1, 0.15) is 0 Å². The van der Waals surface area contributed by atoms with Gasteiger partial charge in [0.2, 0.25) is 12.7 Å². The molecule has 1 aromatic heterocycles. The molecule has 7 nitrogen and oxygen atoms in total. The van der Waals surface area contributed by atoms with Crippen LogP contribution in [0.1, 0.15) is 21.5 Å². The van der Waals surface area contributed by atoms with Crippen molar-refractivity contribution in [3.63, 3.8) is 0 Å². The molecule has 1 amide bonds. The molecule has 0 fully saturated rings. The smallest absolute Gasteiger partial charge is 0.258 e. The molecule has 0 radical (unpaired) electrons. The highest BCUT2D eigenvalue weighted by atomic mass is 16.7. The molecule has 4 rings (SSSR count). The van der Waals surface area contributed by atoms with Gasteiger partial charge in [-0.05, 0) is 30.2 Å². The van der Waals surface area contributed by atoms with Crippen molar-refractivity contribution in [3.05, 3.63) is 71.5 Å². The number of fused-ring (bicyclic) bond motifs is 1. The zero-order valence-electron chi connectivity index (χ0n) is 14.7. The molecule has 0 saturated heterocycles. The number of nitrogens with zero attached hydrogens (tertiary/aromatic N) is 2. The zero-order valence-corrected chi connectivity index (χ0v) is 14.7. The Bertz CT molecular complexity index is 973. The molecule has 1 aliphatic rings. The maximum atomic E-state index is 12.4. The number of benzene rings is 2. The van der Waals surface area contributed by atoms with Gasteiger partial charge in [0.05, 0.1) is 5.56 Å². The monoisotopic (exact) mass is 362 g/mol. The third kappa shape index (κ3) is 3.82. The van der Waals surface area contributed by atoms with Gasteiger partial charge in [-0.15, -0.1) is 0 Å². The normalized spacial score (nSPS) is 11.9. The summed E-state index contributed by atoms with van der Waals surface area (Å²) in [6.07, 6.45) is 2.99. The minimum atomic E-state index is -0.292. The lowest BCUT2D eigenvalue weighted by atomic mass is 10.1. The second-order valence-electron chi connectivity index (χ2n) is 6.10. The van der Waals surface area contributed by atoms with E-state index < -0.39 is 0 Å². The van der Waals surface area contributed by atoms with E-state index in [2.05, 4.69) is 39.7 Å². The number of nitrogens with one attached hydrogen (secondary N) is 2. The lowest BCUT2D eigenvalue weighted by Gasteiger charge is -2.08. The van der Waals surface area contributed by atoms with Crippen molar-refractivity contribution < 1.29 is 14.3 Å². The maximum Gasteiger partial charge on any atom is 0.258 e. The van der Waals surface area contributed by atoms with Crippen molar-refractivity contribution in [3.8, 4) is 11.5 Å². The Morgan fingerprint density at radius 1 is 1.07 bits per heavy atom. The standard InChI is InChI=1S/C20H18N4O3/c1-13-4-2-3-5-14(13)9-21-20-22-10-15(11-23-20)19(25)24-16-6-7-17-18(8-16)27-12-26-17/h2-8,10-11H,9,12H2,1H3,(H,24,25)(H,21,22,23). The second-order valence-corrected chi connectivity index (χ2v) is 6.10. The summed E-state index contributed by atoms with van der Waals surface area (Å²) < 4.78 is 10.6. The third-order valence-electron chi connectivity index (χ3n) is 4.24. The summed E-state index contributed by atoms with van der Waals surface area (Å²) in [6, 6.07) is 13.3. The molecule has 1 aliphatic heterocycles. The van der Waals surface area contributed by atoms with Crippen molar-refractivity contribution in [1.82, 2.24) is 9.97 Å². The largest absolute Gasteiger partial charge is 0.454 e. The number of amides is 1. The first kappa shape index (κ1) is 16.8. The van der Waals surface area contributed by atoms with Crippen molar-refractivity contribution in [2.45, 2.75) is 13.5 Å². The van der Waals surface area contributed by atoms with E-state index in [0.29, 0.717) is 35.2 Å². The van der Waals surface area contributed by atoms with Crippen molar-refractivity contribution >= 4 is 17.5 Å². The molecule has 3 aromatic rings. The number of hydrogen-bond acceptors (Lipinski definition) is 6. The molecule has 0 bridgehead atoms. The molecule has 2 N–H and O–H groups in total. The molecule has 7 heteroatoms. The number of anilines is 2. The summed E-state index contributed by atoms with van der Waals surface area (Å²) in [6.45, 7) is 2.87. The second kappa shape index (κ2) is 7.33. The highest BCUT2D eigenvalue weighted by molar-refractivity contribution is 6.04. The quantitative estimate of drug-likeness (QED) is 0.724. The molecular formula is C20H18N4O3. The Kier molecular flexibility index (Phi) is 4.57. The van der Waals surface area contributed by atoms with Gasteiger partial charge in [-0.2, -0.15) is 0 Å². The predicted octanol–water partition coefficient (Wildman–Crippen LogP) is 3.38. The summed E-state index contributed by atoms with van der Waals surface area (Å²) in [5.41, 5.74) is 3.36. The van der Waals surface area contributed by atoms with Gasteiger partial charge in [-0.25, -0.2) is 9.97 Å². The molecule has 136 valence electrons. The van der Waals surface area contributed by atoms with Crippen LogP contribution < -0.4 is 20.1 Å². The van der Waals surface area contributed by atoms with Gasteiger partial charge in [0.25, 0.3) is 5.91 Å². The van der Waals surface area contributed by atoms with Gasteiger partial charge < -0.3 is 20.1 Å². The minimum Gasteiger partial charge on any atom is -0.454 e. The van der Waals surface area contributed by atoms with Crippen molar-refractivity contribution in [2.24, 2.45) is 0 Å². The Labute approximate surface area is 156 Å². The molecule has 0 saturated carbocycles. The van der Waals surface area contributed by atoms with E-state index in [9.17, 15) is 4.79 Å². The molecule has 0 spiro atoms. The lowest BCUT2D eigenvalue weighted by molar-refractivity contribution is 0.102. The topological polar surface area (TPSA) is 85.4 Å². The lowest BCUT2D eigenvalue weighted by Crippen LogP contribution is -2.13. The number of ether oxygens (including phenoxy) is 2. The number of hydrogen-bond donors (Lipinski definition) is 2. The predicted molar refractivity (Wildman–Crippen MR) is 101 cm³/mol. The Hall–Kier alpha value is -3.61. The van der Waals surface area contributed by atoms with Crippen LogP contribution in [0, 0.1) is 6.92 Å². The summed E-state index contributed by atoms with van der Waals surface area (Å²) in [5.74, 6) is 1.46. The molecule has 2 aromatic carbocycles. The van der Waals surface area contributed by atoms with Crippen molar-refractivity contribution in [1.29, 1.82) is 0 Å². The van der Waals surface area contributed by atoms with Crippen LogP contribution in [-0.4, -0.2) is 22.7 Å². The third-order valence-corrected chi connectivity index (χ3v) is 4.24. The fourth-order valence-corrected chi connectivity index (χ4v) is 2.70. The van der Waals surface area contributed by atoms with Crippen LogP contribution in [0.5, 0.6) is 11.5 Å². The number of aromatic nitrogens is 2. The maximum absolute atomic E-state index is 12.4. The highest BCUT2D eigenvalue weighted by Crippen LogP contribution is 2.34.